The first-order valence-corrected chi connectivity index (χ1v) is 10.9. The molecular weight excluding hydrogens is 430 g/mol. The lowest BCUT2D eigenvalue weighted by Crippen LogP contribution is -2.48. The molecule has 1 heterocycles. The Balaban J connectivity index is 1.96. The molecule has 2 rings (SSSR count). The molecule has 30 heavy (non-hydrogen) atoms. The first kappa shape index (κ1) is 23.1. The lowest BCUT2D eigenvalue weighted by molar-refractivity contribution is -0.138. The largest absolute Gasteiger partial charge is 0.480 e. The molecule has 0 unspecified atom stereocenters. The highest BCUT2D eigenvalue weighted by molar-refractivity contribution is 7.89. The van der Waals surface area contributed by atoms with Gasteiger partial charge >= 0.3 is 5.97 Å². The van der Waals surface area contributed by atoms with Crippen LogP contribution in [0, 0.1) is 5.41 Å². The first-order valence-electron chi connectivity index (χ1n) is 8.61. The molecule has 0 radical (unpaired) electrons. The van der Waals surface area contributed by atoms with Crippen LogP contribution in [0.4, 0.5) is 0 Å². The van der Waals surface area contributed by atoms with Crippen LogP contribution >= 0.6 is 11.3 Å². The van der Waals surface area contributed by atoms with E-state index < -0.39 is 34.5 Å². The standard InChI is InChI=1S/C18H21N5O5S2/c19-18(20)21-10-4-5-12-8-9-15(29-12)16(24)22-11-14(17(25)26)23-30(27,28)13-6-2-1-3-7-13/h1-9,14,23H,10-11H2,(H,22,24)(H,25,26)(H4,19,20,21)/b5-4-/t14-/m0/s1. The molecule has 1 aromatic carbocycles. The summed E-state index contributed by atoms with van der Waals surface area (Å²) in [4.78, 5) is 24.8. The van der Waals surface area contributed by atoms with Gasteiger partial charge in [-0.25, -0.2) is 8.42 Å². The minimum Gasteiger partial charge on any atom is -0.480 e. The molecule has 160 valence electrons. The van der Waals surface area contributed by atoms with Gasteiger partial charge in [-0.05, 0) is 30.3 Å². The highest BCUT2D eigenvalue weighted by atomic mass is 32.2. The van der Waals surface area contributed by atoms with E-state index in [4.69, 9.17) is 11.1 Å². The number of thiophene rings is 1. The molecule has 0 aliphatic rings. The molecule has 1 atom stereocenters. The molecule has 0 aliphatic carbocycles. The van der Waals surface area contributed by atoms with E-state index in [9.17, 15) is 23.1 Å². The van der Waals surface area contributed by atoms with Gasteiger partial charge in [0.25, 0.3) is 5.91 Å². The zero-order valence-corrected chi connectivity index (χ0v) is 17.3. The number of nitrogens with one attached hydrogen (secondary N) is 4. The number of carbonyl (C=O) groups excluding carboxylic acids is 1. The van der Waals surface area contributed by atoms with Crippen LogP contribution in [0.25, 0.3) is 6.08 Å². The number of nitrogens with two attached hydrogens (primary N) is 1. The van der Waals surface area contributed by atoms with Gasteiger partial charge in [0.2, 0.25) is 10.0 Å². The number of guanidine groups is 1. The summed E-state index contributed by atoms with van der Waals surface area (Å²) in [5, 5.41) is 21.4. The van der Waals surface area contributed by atoms with Crippen molar-refractivity contribution in [1.29, 1.82) is 5.41 Å². The molecule has 1 aromatic heterocycles. The maximum atomic E-state index is 12.3. The monoisotopic (exact) mass is 451 g/mol. The van der Waals surface area contributed by atoms with E-state index in [1.54, 1.807) is 30.4 Å². The molecule has 7 N–H and O–H groups in total. The zero-order chi connectivity index (χ0) is 22.1. The van der Waals surface area contributed by atoms with E-state index in [1.165, 1.54) is 35.6 Å². The van der Waals surface area contributed by atoms with Crippen molar-refractivity contribution < 1.29 is 23.1 Å². The summed E-state index contributed by atoms with van der Waals surface area (Å²) >= 11 is 1.17. The van der Waals surface area contributed by atoms with Gasteiger partial charge in [-0.15, -0.1) is 11.3 Å². The van der Waals surface area contributed by atoms with Crippen LogP contribution in [0.1, 0.15) is 14.5 Å². The van der Waals surface area contributed by atoms with Gasteiger partial charge in [0.05, 0.1) is 9.77 Å². The number of hydrogen-bond acceptors (Lipinski definition) is 6. The van der Waals surface area contributed by atoms with E-state index in [-0.39, 0.29) is 10.9 Å². The van der Waals surface area contributed by atoms with E-state index in [0.717, 1.165) is 4.88 Å². The molecule has 0 spiro atoms. The fraction of sp³-hybridized carbons (Fsp3) is 0.167. The highest BCUT2D eigenvalue weighted by Crippen LogP contribution is 2.17. The van der Waals surface area contributed by atoms with Crippen LogP contribution in [0.15, 0.2) is 53.4 Å². The minimum atomic E-state index is -4.05. The van der Waals surface area contributed by atoms with Gasteiger partial charge < -0.3 is 21.5 Å². The van der Waals surface area contributed by atoms with Crippen molar-refractivity contribution in [2.45, 2.75) is 10.9 Å². The van der Waals surface area contributed by atoms with Crippen LogP contribution in [0.3, 0.4) is 0 Å². The number of benzene rings is 1. The fourth-order valence-corrected chi connectivity index (χ4v) is 4.29. The maximum Gasteiger partial charge on any atom is 0.323 e. The van der Waals surface area contributed by atoms with Crippen molar-refractivity contribution in [2.75, 3.05) is 13.1 Å². The quantitative estimate of drug-likeness (QED) is 0.224. The number of rotatable bonds is 10. The van der Waals surface area contributed by atoms with Gasteiger partial charge in [0.1, 0.15) is 6.04 Å². The summed E-state index contributed by atoms with van der Waals surface area (Å²) in [6.07, 6.45) is 3.47. The van der Waals surface area contributed by atoms with Gasteiger partial charge in [-0.1, -0.05) is 24.3 Å². The van der Waals surface area contributed by atoms with Crippen LogP contribution in [0.5, 0.6) is 0 Å². The predicted molar refractivity (Wildman–Crippen MR) is 114 cm³/mol. The van der Waals surface area contributed by atoms with Crippen LogP contribution in [-0.4, -0.2) is 50.5 Å². The summed E-state index contributed by atoms with van der Waals surface area (Å²) in [5.74, 6) is -2.09. The Bertz CT molecular complexity index is 1030. The summed E-state index contributed by atoms with van der Waals surface area (Å²) < 4.78 is 26.7. The molecule has 2 aromatic rings. The molecule has 10 nitrogen and oxygen atoms in total. The average Bonchev–Trinajstić information content (AvgIpc) is 3.17. The normalized spacial score (nSPS) is 12.4. The molecule has 12 heteroatoms. The van der Waals surface area contributed by atoms with Crippen LogP contribution < -0.4 is 21.1 Å². The van der Waals surface area contributed by atoms with Crippen molar-refractivity contribution in [1.82, 2.24) is 15.4 Å². The lowest BCUT2D eigenvalue weighted by atomic mass is 10.3. The van der Waals surface area contributed by atoms with Crippen molar-refractivity contribution in [3.63, 3.8) is 0 Å². The number of amides is 1. The predicted octanol–water partition coefficient (Wildman–Crippen LogP) is 0.406. The maximum absolute atomic E-state index is 12.3. The Kier molecular flexibility index (Phi) is 8.09. The van der Waals surface area contributed by atoms with Crippen molar-refractivity contribution in [2.24, 2.45) is 5.73 Å². The number of carboxylic acids is 1. The summed E-state index contributed by atoms with van der Waals surface area (Å²) in [5.41, 5.74) is 5.17. The SMILES string of the molecule is N=C(N)NC/C=C\c1ccc(C(=O)NC[C@H](NS(=O)(=O)c2ccccc2)C(=O)O)s1. The average molecular weight is 452 g/mol. The topological polar surface area (TPSA) is 174 Å². The molecule has 0 fully saturated rings. The summed E-state index contributed by atoms with van der Waals surface area (Å²) in [6.45, 7) is -0.0670. The van der Waals surface area contributed by atoms with E-state index in [1.807, 2.05) is 0 Å². The first-order chi connectivity index (χ1) is 14.2. The number of aliphatic carboxylic acids is 1. The van der Waals surface area contributed by atoms with Crippen molar-refractivity contribution >= 4 is 45.3 Å². The number of carbonyl (C=O) groups is 2. The second kappa shape index (κ2) is 10.5. The number of sulfonamides is 1. The number of carboxylic acid groups (broad SMARTS) is 1. The zero-order valence-electron chi connectivity index (χ0n) is 15.7. The Hall–Kier alpha value is -3.22. The number of hydrogen-bond donors (Lipinski definition) is 6. The lowest BCUT2D eigenvalue weighted by Gasteiger charge is -2.15. The fourth-order valence-electron chi connectivity index (χ4n) is 2.22. The molecule has 0 saturated heterocycles. The highest BCUT2D eigenvalue weighted by Gasteiger charge is 2.26. The Morgan fingerprint density at radius 2 is 1.87 bits per heavy atom. The van der Waals surface area contributed by atoms with Gasteiger partial charge in [-0.3, -0.25) is 15.0 Å². The van der Waals surface area contributed by atoms with Crippen LogP contribution in [-0.2, 0) is 14.8 Å². The molecule has 0 aliphatic heterocycles. The molecule has 0 bridgehead atoms. The third-order valence-corrected chi connectivity index (χ3v) is 6.20. The summed E-state index contributed by atoms with van der Waals surface area (Å²) in [6, 6.07) is 9.10. The Morgan fingerprint density at radius 1 is 1.17 bits per heavy atom. The van der Waals surface area contributed by atoms with E-state index >= 15 is 0 Å². The third-order valence-electron chi connectivity index (χ3n) is 3.66. The smallest absolute Gasteiger partial charge is 0.323 e. The Labute approximate surface area is 177 Å². The molecule has 1 amide bonds. The second-order valence-electron chi connectivity index (χ2n) is 5.93. The van der Waals surface area contributed by atoms with Crippen molar-refractivity contribution in [3.8, 4) is 0 Å². The molecular formula is C18H21N5O5S2. The van der Waals surface area contributed by atoms with Gasteiger partial charge in [-0.2, -0.15) is 4.72 Å². The van der Waals surface area contributed by atoms with Gasteiger partial charge in [0.15, 0.2) is 5.96 Å². The Morgan fingerprint density at radius 3 is 2.50 bits per heavy atom. The van der Waals surface area contributed by atoms with Gasteiger partial charge in [0, 0.05) is 18.0 Å². The van der Waals surface area contributed by atoms with Crippen LogP contribution in [0.2, 0.25) is 0 Å². The second-order valence-corrected chi connectivity index (χ2v) is 8.76. The summed E-state index contributed by atoms with van der Waals surface area (Å²) in [7, 11) is -4.05. The van der Waals surface area contributed by atoms with E-state index in [0.29, 0.717) is 11.4 Å². The molecule has 0 saturated carbocycles. The van der Waals surface area contributed by atoms with E-state index in [2.05, 4.69) is 15.4 Å². The third kappa shape index (κ3) is 6.99. The minimum absolute atomic E-state index is 0.0727. The van der Waals surface area contributed by atoms with Crippen molar-refractivity contribution in [3.05, 3.63) is 58.3 Å².